The van der Waals surface area contributed by atoms with Crippen molar-refractivity contribution in [2.75, 3.05) is 0 Å². The molecule has 3 aromatic rings. The molecule has 0 saturated heterocycles. The number of carbonyl (C=O) groups excluding carboxylic acids is 1. The van der Waals surface area contributed by atoms with Gasteiger partial charge in [-0.3, -0.25) is 9.48 Å². The van der Waals surface area contributed by atoms with Crippen LogP contribution in [-0.2, 0) is 6.54 Å². The van der Waals surface area contributed by atoms with Crippen LogP contribution in [0.5, 0.6) is 0 Å². The summed E-state index contributed by atoms with van der Waals surface area (Å²) in [5, 5.41) is 6.65. The van der Waals surface area contributed by atoms with Gasteiger partial charge in [-0.25, -0.2) is 0 Å². The van der Waals surface area contributed by atoms with Gasteiger partial charge in [-0.2, -0.15) is 5.10 Å². The van der Waals surface area contributed by atoms with Crippen LogP contribution in [0.2, 0.25) is 0 Å². The Labute approximate surface area is 119 Å². The van der Waals surface area contributed by atoms with Crippen LogP contribution in [0.15, 0.2) is 23.7 Å². The molecule has 0 aliphatic rings. The lowest BCUT2D eigenvalue weighted by atomic mass is 10.2. The summed E-state index contributed by atoms with van der Waals surface area (Å²) in [6.07, 6.45) is 2.74. The number of rotatable bonds is 4. The molecule has 0 spiro atoms. The van der Waals surface area contributed by atoms with E-state index in [0.29, 0.717) is 11.5 Å². The molecule has 0 amide bonds. The van der Waals surface area contributed by atoms with Crippen LogP contribution in [0, 0.1) is 5.92 Å². The fourth-order valence-electron chi connectivity index (χ4n) is 2.06. The standard InChI is InChI=1S/C14H14N2OS2/c1-9(2)6-16-7-10(8-17)14(15-16)13-5-12-11(19-13)3-4-18-12/h3-5,7-9H,6H2,1-2H3. The molecule has 0 aromatic carbocycles. The van der Waals surface area contributed by atoms with Crippen LogP contribution in [0.4, 0.5) is 0 Å². The molecule has 3 heterocycles. The van der Waals surface area contributed by atoms with Gasteiger partial charge in [0.05, 0.1) is 10.4 Å². The van der Waals surface area contributed by atoms with E-state index in [1.54, 1.807) is 22.7 Å². The lowest BCUT2D eigenvalue weighted by molar-refractivity contribution is 0.112. The van der Waals surface area contributed by atoms with E-state index in [1.165, 1.54) is 9.40 Å². The van der Waals surface area contributed by atoms with Gasteiger partial charge in [-0.1, -0.05) is 13.8 Å². The van der Waals surface area contributed by atoms with Crippen molar-refractivity contribution in [3.63, 3.8) is 0 Å². The molecule has 3 nitrogen and oxygen atoms in total. The van der Waals surface area contributed by atoms with E-state index in [4.69, 9.17) is 0 Å². The monoisotopic (exact) mass is 290 g/mol. The first-order chi connectivity index (χ1) is 9.17. The second kappa shape index (κ2) is 4.90. The van der Waals surface area contributed by atoms with Crippen molar-refractivity contribution in [1.82, 2.24) is 9.78 Å². The van der Waals surface area contributed by atoms with Crippen LogP contribution >= 0.6 is 22.7 Å². The number of hydrogen-bond acceptors (Lipinski definition) is 4. The van der Waals surface area contributed by atoms with Crippen molar-refractivity contribution >= 4 is 38.4 Å². The predicted octanol–water partition coefficient (Wildman–Crippen LogP) is 4.29. The zero-order valence-electron chi connectivity index (χ0n) is 10.8. The summed E-state index contributed by atoms with van der Waals surface area (Å²) in [6.45, 7) is 5.12. The number of aromatic nitrogens is 2. The predicted molar refractivity (Wildman–Crippen MR) is 81.1 cm³/mol. The van der Waals surface area contributed by atoms with E-state index in [2.05, 4.69) is 36.5 Å². The Hall–Kier alpha value is -1.46. The summed E-state index contributed by atoms with van der Waals surface area (Å²) in [5.41, 5.74) is 1.48. The third-order valence-electron chi connectivity index (χ3n) is 2.84. The highest BCUT2D eigenvalue weighted by atomic mass is 32.1. The quantitative estimate of drug-likeness (QED) is 0.672. The van der Waals surface area contributed by atoms with E-state index >= 15 is 0 Å². The Morgan fingerprint density at radius 1 is 1.42 bits per heavy atom. The summed E-state index contributed by atoms with van der Waals surface area (Å²) in [5.74, 6) is 0.513. The third-order valence-corrected chi connectivity index (χ3v) is 4.94. The minimum Gasteiger partial charge on any atom is -0.298 e. The van der Waals surface area contributed by atoms with E-state index < -0.39 is 0 Å². The maximum absolute atomic E-state index is 11.2. The molecule has 0 bridgehead atoms. The Bertz CT molecular complexity index is 692. The number of thiophene rings is 2. The minimum atomic E-state index is 0.513. The smallest absolute Gasteiger partial charge is 0.153 e. The average molecular weight is 290 g/mol. The van der Waals surface area contributed by atoms with E-state index in [-0.39, 0.29) is 0 Å². The van der Waals surface area contributed by atoms with E-state index in [1.807, 2.05) is 10.9 Å². The molecule has 3 aromatic heterocycles. The molecule has 0 fully saturated rings. The number of aldehydes is 1. The summed E-state index contributed by atoms with van der Waals surface area (Å²) >= 11 is 3.42. The van der Waals surface area contributed by atoms with E-state index in [0.717, 1.165) is 23.4 Å². The molecule has 0 aliphatic heterocycles. The summed E-state index contributed by atoms with van der Waals surface area (Å²) in [6, 6.07) is 4.24. The zero-order valence-corrected chi connectivity index (χ0v) is 12.4. The van der Waals surface area contributed by atoms with Gasteiger partial charge in [0, 0.05) is 22.1 Å². The molecule has 0 unspecified atom stereocenters. The molecule has 3 rings (SSSR count). The Kier molecular flexibility index (Phi) is 3.24. The van der Waals surface area contributed by atoms with Crippen molar-refractivity contribution in [3.05, 3.63) is 29.3 Å². The van der Waals surface area contributed by atoms with Crippen LogP contribution in [0.1, 0.15) is 24.2 Å². The summed E-state index contributed by atoms with van der Waals surface area (Å²) < 4.78 is 4.39. The average Bonchev–Trinajstić information content (AvgIpc) is 2.99. The molecule has 0 N–H and O–H groups in total. The number of fused-ring (bicyclic) bond motifs is 1. The van der Waals surface area contributed by atoms with Crippen LogP contribution in [-0.4, -0.2) is 16.1 Å². The Morgan fingerprint density at radius 3 is 2.95 bits per heavy atom. The number of carbonyl (C=O) groups is 1. The molecule has 98 valence electrons. The largest absolute Gasteiger partial charge is 0.298 e. The zero-order chi connectivity index (χ0) is 13.4. The first-order valence-corrected chi connectivity index (χ1v) is 7.87. The maximum atomic E-state index is 11.2. The van der Waals surface area contributed by atoms with Gasteiger partial charge < -0.3 is 0 Å². The van der Waals surface area contributed by atoms with E-state index in [9.17, 15) is 4.79 Å². The molecule has 0 radical (unpaired) electrons. The summed E-state index contributed by atoms with van der Waals surface area (Å²) in [4.78, 5) is 12.3. The highest BCUT2D eigenvalue weighted by Crippen LogP contribution is 2.36. The van der Waals surface area contributed by atoms with Crippen LogP contribution in [0.25, 0.3) is 20.0 Å². The molecule has 0 saturated carbocycles. The Balaban J connectivity index is 2.05. The van der Waals surface area contributed by atoms with Gasteiger partial charge in [0.25, 0.3) is 0 Å². The fourth-order valence-corrected chi connectivity index (χ4v) is 4.18. The second-order valence-corrected chi connectivity index (χ2v) is 6.96. The minimum absolute atomic E-state index is 0.513. The SMILES string of the molecule is CC(C)Cn1cc(C=O)c(-c2cc3sccc3s2)n1. The lowest BCUT2D eigenvalue weighted by Crippen LogP contribution is -2.04. The normalized spacial score (nSPS) is 11.5. The number of nitrogens with zero attached hydrogens (tertiary/aromatic N) is 2. The molecular formula is C14H14N2OS2. The maximum Gasteiger partial charge on any atom is 0.153 e. The fraction of sp³-hybridized carbons (Fsp3) is 0.286. The lowest BCUT2D eigenvalue weighted by Gasteiger charge is -2.03. The van der Waals surface area contributed by atoms with Crippen molar-refractivity contribution in [1.29, 1.82) is 0 Å². The van der Waals surface area contributed by atoms with Crippen molar-refractivity contribution in [2.24, 2.45) is 5.92 Å². The van der Waals surface area contributed by atoms with Gasteiger partial charge >= 0.3 is 0 Å². The van der Waals surface area contributed by atoms with Crippen molar-refractivity contribution in [2.45, 2.75) is 20.4 Å². The Morgan fingerprint density at radius 2 is 2.26 bits per heavy atom. The third kappa shape index (κ3) is 2.35. The van der Waals surface area contributed by atoms with Crippen molar-refractivity contribution in [3.8, 4) is 10.6 Å². The van der Waals surface area contributed by atoms with Gasteiger partial charge in [0.15, 0.2) is 6.29 Å². The topological polar surface area (TPSA) is 34.9 Å². The van der Waals surface area contributed by atoms with Gasteiger partial charge in [-0.05, 0) is 23.4 Å². The van der Waals surface area contributed by atoms with Crippen molar-refractivity contribution < 1.29 is 4.79 Å². The molecule has 0 atom stereocenters. The highest BCUT2D eigenvalue weighted by molar-refractivity contribution is 7.28. The van der Waals surface area contributed by atoms with Crippen LogP contribution < -0.4 is 0 Å². The molecule has 0 aliphatic carbocycles. The highest BCUT2D eigenvalue weighted by Gasteiger charge is 2.14. The summed E-state index contributed by atoms with van der Waals surface area (Å²) in [7, 11) is 0. The van der Waals surface area contributed by atoms with Gasteiger partial charge in [0.2, 0.25) is 0 Å². The molecule has 19 heavy (non-hydrogen) atoms. The first-order valence-electron chi connectivity index (χ1n) is 6.17. The van der Waals surface area contributed by atoms with Gasteiger partial charge in [0.1, 0.15) is 5.69 Å². The molecule has 5 heteroatoms. The first kappa shape index (κ1) is 12.6. The van der Waals surface area contributed by atoms with Gasteiger partial charge in [-0.15, -0.1) is 22.7 Å². The second-order valence-electron chi connectivity index (χ2n) is 4.93. The number of hydrogen-bond donors (Lipinski definition) is 0. The van der Waals surface area contributed by atoms with Crippen LogP contribution in [0.3, 0.4) is 0 Å². The molecular weight excluding hydrogens is 276 g/mol.